The van der Waals surface area contributed by atoms with Crippen LogP contribution in [-0.2, 0) is 13.0 Å². The van der Waals surface area contributed by atoms with Crippen LogP contribution in [0.2, 0.25) is 0 Å². The van der Waals surface area contributed by atoms with E-state index in [1.807, 2.05) is 36.4 Å². The van der Waals surface area contributed by atoms with Gasteiger partial charge in [-0.15, -0.1) is 0 Å². The Hall–Kier alpha value is -7.27. The fourth-order valence-corrected chi connectivity index (χ4v) is 8.00. The van der Waals surface area contributed by atoms with Crippen molar-refractivity contribution in [2.24, 2.45) is 10.7 Å². The minimum absolute atomic E-state index is 0.640. The Morgan fingerprint density at radius 3 is 1.28 bits per heavy atom. The molecule has 0 atom stereocenters. The third kappa shape index (κ3) is 6.95. The number of hydrogen-bond donors (Lipinski definition) is 1. The Morgan fingerprint density at radius 1 is 0.456 bits per heavy atom. The van der Waals surface area contributed by atoms with Crippen LogP contribution < -0.4 is 5.73 Å². The van der Waals surface area contributed by atoms with E-state index in [1.165, 1.54) is 65.9 Å². The van der Waals surface area contributed by atoms with Gasteiger partial charge in [0.25, 0.3) is 0 Å². The molecule has 10 rings (SSSR count). The van der Waals surface area contributed by atoms with Gasteiger partial charge in [0.15, 0.2) is 0 Å². The van der Waals surface area contributed by atoms with Crippen LogP contribution >= 0.6 is 0 Å². The van der Waals surface area contributed by atoms with Crippen LogP contribution in [-0.4, -0.2) is 15.9 Å². The second-order valence-electron chi connectivity index (χ2n) is 14.2. The smallest absolute Gasteiger partial charge is 0.0658 e. The first-order chi connectivity index (χ1) is 28.2. The number of fused-ring (bicyclic) bond motifs is 6. The van der Waals surface area contributed by atoms with Gasteiger partial charge in [-0.05, 0) is 83.4 Å². The van der Waals surface area contributed by atoms with Crippen LogP contribution in [0.3, 0.4) is 0 Å². The first-order valence-corrected chi connectivity index (χ1v) is 19.4. The van der Waals surface area contributed by atoms with Crippen molar-refractivity contribution < 1.29 is 0 Å². The van der Waals surface area contributed by atoms with Gasteiger partial charge in [0.2, 0.25) is 0 Å². The van der Waals surface area contributed by atoms with Crippen molar-refractivity contribution in [3.8, 4) is 22.5 Å². The lowest BCUT2D eigenvalue weighted by Gasteiger charge is -2.15. The van der Waals surface area contributed by atoms with Crippen molar-refractivity contribution in [1.29, 1.82) is 0 Å². The van der Waals surface area contributed by atoms with E-state index in [4.69, 9.17) is 5.73 Å². The van der Waals surface area contributed by atoms with E-state index in [1.54, 1.807) is 0 Å². The molecule has 0 aliphatic rings. The predicted molar refractivity (Wildman–Crippen MR) is 243 cm³/mol. The Bertz CT molecular complexity index is 2780. The minimum Gasteiger partial charge on any atom is -0.326 e. The molecule has 57 heavy (non-hydrogen) atoms. The van der Waals surface area contributed by atoms with E-state index in [0.29, 0.717) is 13.0 Å². The molecule has 0 unspecified atom stereocenters. The second kappa shape index (κ2) is 15.8. The number of rotatable bonds is 8. The lowest BCUT2D eigenvalue weighted by Crippen LogP contribution is -2.01. The molecule has 274 valence electrons. The van der Waals surface area contributed by atoms with Gasteiger partial charge in [-0.3, -0.25) is 4.99 Å². The molecule has 0 saturated carbocycles. The molecule has 2 N–H and O–H groups in total. The van der Waals surface area contributed by atoms with Crippen molar-refractivity contribution in [2.45, 2.75) is 13.0 Å². The third-order valence-corrected chi connectivity index (χ3v) is 10.7. The summed E-state index contributed by atoms with van der Waals surface area (Å²) < 4.78 is 4.81. The number of benzene rings is 8. The third-order valence-electron chi connectivity index (χ3n) is 10.7. The Kier molecular flexibility index (Phi) is 9.84. The van der Waals surface area contributed by atoms with Crippen molar-refractivity contribution in [1.82, 2.24) is 9.13 Å². The quantitative estimate of drug-likeness (QED) is 0.155. The maximum atomic E-state index is 5.35. The van der Waals surface area contributed by atoms with Gasteiger partial charge in [0.05, 0.1) is 27.8 Å². The van der Waals surface area contributed by atoms with E-state index in [9.17, 15) is 0 Å². The predicted octanol–water partition coefficient (Wildman–Crippen LogP) is 13.0. The highest BCUT2D eigenvalue weighted by Crippen LogP contribution is 2.36. The van der Waals surface area contributed by atoms with E-state index < -0.39 is 0 Å². The normalized spacial score (nSPS) is 11.6. The zero-order valence-electron chi connectivity index (χ0n) is 31.7. The lowest BCUT2D eigenvalue weighted by atomic mass is 10.0. The summed E-state index contributed by atoms with van der Waals surface area (Å²) in [7, 11) is 0. The molecule has 0 radical (unpaired) electrons. The fourth-order valence-electron chi connectivity index (χ4n) is 8.00. The number of aromatic nitrogens is 2. The average Bonchev–Trinajstić information content (AvgIpc) is 3.81. The van der Waals surface area contributed by atoms with Gasteiger partial charge in [-0.1, -0.05) is 164 Å². The first kappa shape index (κ1) is 35.4. The molecule has 8 aromatic carbocycles. The molecule has 4 heteroatoms. The molecule has 0 amide bonds. The topological polar surface area (TPSA) is 48.2 Å². The number of para-hydroxylation sites is 4. The fraction of sp³-hybridized carbons (Fsp3) is 0.0377. The monoisotopic (exact) mass is 734 g/mol. The van der Waals surface area contributed by atoms with E-state index in [0.717, 1.165) is 22.6 Å². The highest BCUT2D eigenvalue weighted by atomic mass is 15.0. The van der Waals surface area contributed by atoms with Crippen molar-refractivity contribution in [2.75, 3.05) is 0 Å². The van der Waals surface area contributed by atoms with Crippen LogP contribution in [0.1, 0.15) is 16.7 Å². The zero-order chi connectivity index (χ0) is 38.6. The maximum absolute atomic E-state index is 5.35. The van der Waals surface area contributed by atoms with Crippen molar-refractivity contribution in [3.63, 3.8) is 0 Å². The molecule has 0 saturated heterocycles. The van der Waals surface area contributed by atoms with Crippen molar-refractivity contribution in [3.05, 3.63) is 223 Å². The molecule has 0 aliphatic carbocycles. The molecule has 0 spiro atoms. The Labute approximate surface area is 333 Å². The standard InChI is InChI=1S/C46H33N3.C7H9N/c1-47-42(35-26-24-34(25-27-35)33-13-3-2-4-14-33)28-23-32-29-36(48-43-19-9-5-15-38(43)39-16-6-10-20-44(39)48)31-37(30-32)49-45-21-11-7-17-40(45)41-18-8-12-22-46(41)49;8-6-7-4-2-1-3-5-7/h2-22,24-31H,1,23H2;1-5H,6,8H2/b42-28-;. The highest BCUT2D eigenvalue weighted by Gasteiger charge is 2.16. The van der Waals surface area contributed by atoms with E-state index in [-0.39, 0.29) is 0 Å². The molecule has 0 fully saturated rings. The SMILES string of the molecule is C=N/C(=C\Cc1cc(-n2c3ccccc3c3ccccc32)cc(-n2c3ccccc3c3ccccc32)c1)c1ccc(-c2ccccc2)cc1.NCc1ccccc1. The van der Waals surface area contributed by atoms with Crippen molar-refractivity contribution >= 4 is 56.0 Å². The van der Waals surface area contributed by atoms with Gasteiger partial charge < -0.3 is 14.9 Å². The summed E-state index contributed by atoms with van der Waals surface area (Å²) in [6.45, 7) is 4.60. The number of nitrogens with zero attached hydrogens (tertiary/aromatic N) is 3. The van der Waals surface area contributed by atoms with Crippen LogP contribution in [0.15, 0.2) is 211 Å². The number of aliphatic imine (C=N–C) groups is 1. The summed E-state index contributed by atoms with van der Waals surface area (Å²) >= 11 is 0. The Balaban J connectivity index is 0.000000474. The molecule has 2 aromatic heterocycles. The minimum atomic E-state index is 0.640. The first-order valence-electron chi connectivity index (χ1n) is 19.4. The van der Waals surface area contributed by atoms with Gasteiger partial charge in [0, 0.05) is 39.5 Å². The van der Waals surface area contributed by atoms with E-state index in [2.05, 4.69) is 191 Å². The second-order valence-corrected chi connectivity index (χ2v) is 14.2. The summed E-state index contributed by atoms with van der Waals surface area (Å²) in [6.07, 6.45) is 2.90. The Morgan fingerprint density at radius 2 is 0.860 bits per heavy atom. The molecule has 2 heterocycles. The van der Waals surface area contributed by atoms with Gasteiger partial charge >= 0.3 is 0 Å². The van der Waals surface area contributed by atoms with Gasteiger partial charge in [-0.2, -0.15) is 0 Å². The maximum Gasteiger partial charge on any atom is 0.0658 e. The molecule has 10 aromatic rings. The lowest BCUT2D eigenvalue weighted by molar-refractivity contribution is 1.07. The molecular weight excluding hydrogens is 693 g/mol. The van der Waals surface area contributed by atoms with Gasteiger partial charge in [0.1, 0.15) is 0 Å². The largest absolute Gasteiger partial charge is 0.326 e. The number of hydrogen-bond acceptors (Lipinski definition) is 2. The van der Waals surface area contributed by atoms with Crippen LogP contribution in [0, 0.1) is 0 Å². The van der Waals surface area contributed by atoms with Gasteiger partial charge in [-0.25, -0.2) is 0 Å². The molecular formula is C53H42N4. The molecule has 4 nitrogen and oxygen atoms in total. The van der Waals surface area contributed by atoms with Crippen LogP contribution in [0.5, 0.6) is 0 Å². The molecule has 0 aliphatic heterocycles. The van der Waals surface area contributed by atoms with Crippen LogP contribution in [0.4, 0.5) is 0 Å². The van der Waals surface area contributed by atoms with E-state index >= 15 is 0 Å². The highest BCUT2D eigenvalue weighted by molar-refractivity contribution is 6.10. The summed E-state index contributed by atoms with van der Waals surface area (Å²) in [5.41, 5.74) is 19.1. The summed E-state index contributed by atoms with van der Waals surface area (Å²) in [6, 6.07) is 70.8. The summed E-state index contributed by atoms with van der Waals surface area (Å²) in [5, 5.41) is 5.00. The van der Waals surface area contributed by atoms with Crippen LogP contribution in [0.25, 0.3) is 71.8 Å². The zero-order valence-corrected chi connectivity index (χ0v) is 31.7. The summed E-state index contributed by atoms with van der Waals surface area (Å²) in [4.78, 5) is 4.48. The average molecular weight is 735 g/mol. The molecule has 0 bridgehead atoms. The summed E-state index contributed by atoms with van der Waals surface area (Å²) in [5.74, 6) is 0. The number of nitrogens with two attached hydrogens (primary N) is 1. The number of allylic oxidation sites excluding steroid dienone is 1.